The van der Waals surface area contributed by atoms with Crippen LogP contribution in [0, 0.1) is 0 Å². The third kappa shape index (κ3) is 10.2. The summed E-state index contributed by atoms with van der Waals surface area (Å²) in [5.41, 5.74) is 10.7. The summed E-state index contributed by atoms with van der Waals surface area (Å²) in [7, 11) is 3.56. The van der Waals surface area contributed by atoms with E-state index in [1.807, 2.05) is 32.9 Å². The average Bonchev–Trinajstić information content (AvgIpc) is 2.79. The van der Waals surface area contributed by atoms with Gasteiger partial charge >= 0.3 is 0 Å². The molecule has 180 valence electrons. The predicted molar refractivity (Wildman–Crippen MR) is 144 cm³/mol. The molecule has 6 heteroatoms. The molecule has 0 saturated heterocycles. The third-order valence-electron chi connectivity index (χ3n) is 4.65. The van der Waals surface area contributed by atoms with Crippen LogP contribution in [0.3, 0.4) is 0 Å². The first-order valence-electron chi connectivity index (χ1n) is 11.3. The van der Waals surface area contributed by atoms with Crippen molar-refractivity contribution in [2.24, 2.45) is 15.7 Å². The van der Waals surface area contributed by atoms with Gasteiger partial charge in [-0.3, -0.25) is 4.79 Å². The molecule has 0 amide bonds. The molecule has 0 atom stereocenters. The fraction of sp³-hybridized carbons (Fsp3) is 0.370. The van der Waals surface area contributed by atoms with E-state index < -0.39 is 0 Å². The first-order valence-corrected chi connectivity index (χ1v) is 11.3. The first kappa shape index (κ1) is 29.6. The van der Waals surface area contributed by atoms with Gasteiger partial charge in [-0.25, -0.2) is 9.98 Å². The van der Waals surface area contributed by atoms with Crippen LogP contribution in [0.5, 0.6) is 0 Å². The third-order valence-corrected chi connectivity index (χ3v) is 4.65. The Morgan fingerprint density at radius 2 is 1.79 bits per heavy atom. The lowest BCUT2D eigenvalue weighted by Crippen LogP contribution is -2.21. The number of hydrogen-bond donors (Lipinski definition) is 3. The maximum absolute atomic E-state index is 12.2. The SMILES string of the molecule is C=CC(=C(C)/C=C\CCC)/C(=C\CC)N=C(/C(C=O)=C(C)/N=C(N)/C=C\NC)/C(=C\C)NC. The summed E-state index contributed by atoms with van der Waals surface area (Å²) in [4.78, 5) is 21.5. The standard InChI is InChI=1S/C27H41N5O/c1-9-13-14-16-20(5)22(11-3)25(15-10-2)32-27(24(12-4)30-8)23(19-33)21(6)31-26(28)17-18-29-7/h11-12,14-19,29-30H,3,9-10,13H2,1-2,4-8H3,(H2,28,31)/b16-14-,18-17-,22-20-,23-21+,24-12+,25-15+,32-27?. The van der Waals surface area contributed by atoms with Gasteiger partial charge < -0.3 is 16.4 Å². The van der Waals surface area contributed by atoms with E-state index in [9.17, 15) is 4.79 Å². The van der Waals surface area contributed by atoms with Crippen molar-refractivity contribution in [1.82, 2.24) is 10.6 Å². The van der Waals surface area contributed by atoms with E-state index in [1.165, 1.54) is 0 Å². The molecule has 0 aromatic heterocycles. The average molecular weight is 452 g/mol. The molecule has 4 N–H and O–H groups in total. The minimum Gasteiger partial charge on any atom is -0.394 e. The number of rotatable bonds is 14. The number of amidine groups is 1. The van der Waals surface area contributed by atoms with Gasteiger partial charge in [0.15, 0.2) is 6.29 Å². The minimum absolute atomic E-state index is 0.278. The van der Waals surface area contributed by atoms with E-state index in [4.69, 9.17) is 10.7 Å². The highest BCUT2D eigenvalue weighted by atomic mass is 16.1. The Labute approximate surface area is 200 Å². The van der Waals surface area contributed by atoms with Crippen LogP contribution >= 0.6 is 0 Å². The van der Waals surface area contributed by atoms with Gasteiger partial charge in [-0.1, -0.05) is 57.2 Å². The van der Waals surface area contributed by atoms with Gasteiger partial charge in [-0.15, -0.1) is 0 Å². The number of unbranched alkanes of at least 4 members (excludes halogenated alkanes) is 1. The van der Waals surface area contributed by atoms with Crippen LogP contribution in [0.2, 0.25) is 0 Å². The highest BCUT2D eigenvalue weighted by molar-refractivity contribution is 6.23. The van der Waals surface area contributed by atoms with Crippen molar-refractivity contribution >= 4 is 17.8 Å². The number of allylic oxidation sites excluding steroid dienone is 8. The Kier molecular flexibility index (Phi) is 15.4. The molecule has 0 bridgehead atoms. The van der Waals surface area contributed by atoms with E-state index >= 15 is 0 Å². The zero-order chi connectivity index (χ0) is 25.2. The van der Waals surface area contributed by atoms with Crippen LogP contribution in [0.25, 0.3) is 0 Å². The maximum atomic E-state index is 12.2. The van der Waals surface area contributed by atoms with Crippen LogP contribution in [0.1, 0.15) is 53.9 Å². The second-order valence-electron chi connectivity index (χ2n) is 7.18. The van der Waals surface area contributed by atoms with Gasteiger partial charge in [0.2, 0.25) is 0 Å². The molecule has 0 saturated carbocycles. The summed E-state index contributed by atoms with van der Waals surface area (Å²) < 4.78 is 0. The molecule has 6 nitrogen and oxygen atoms in total. The molecule has 0 aromatic rings. The Bertz CT molecular complexity index is 909. The van der Waals surface area contributed by atoms with Crippen molar-refractivity contribution in [2.75, 3.05) is 14.1 Å². The molecule has 0 unspecified atom stereocenters. The summed E-state index contributed by atoms with van der Waals surface area (Å²) in [5.74, 6) is 0.278. The van der Waals surface area contributed by atoms with Crippen LogP contribution < -0.4 is 16.4 Å². The lowest BCUT2D eigenvalue weighted by Gasteiger charge is -2.15. The van der Waals surface area contributed by atoms with Gasteiger partial charge in [0.1, 0.15) is 5.84 Å². The minimum atomic E-state index is 0.278. The Hall–Kier alpha value is -3.41. The number of carbonyl (C=O) groups excluding carboxylic acids is 1. The molecule has 0 fully saturated rings. The highest BCUT2D eigenvalue weighted by Gasteiger charge is 2.16. The second kappa shape index (κ2) is 17.2. The van der Waals surface area contributed by atoms with Gasteiger partial charge in [0.25, 0.3) is 0 Å². The van der Waals surface area contributed by atoms with Crippen molar-refractivity contribution in [2.45, 2.75) is 53.9 Å². The van der Waals surface area contributed by atoms with Crippen LogP contribution in [0.4, 0.5) is 0 Å². The topological polar surface area (TPSA) is 91.9 Å². The fourth-order valence-electron chi connectivity index (χ4n) is 2.95. The number of nitrogens with zero attached hydrogens (tertiary/aromatic N) is 2. The monoisotopic (exact) mass is 451 g/mol. The summed E-state index contributed by atoms with van der Waals surface area (Å²) >= 11 is 0. The van der Waals surface area contributed by atoms with E-state index in [1.54, 1.807) is 39.4 Å². The van der Waals surface area contributed by atoms with E-state index in [0.29, 0.717) is 22.7 Å². The lowest BCUT2D eigenvalue weighted by atomic mass is 10.0. The van der Waals surface area contributed by atoms with Gasteiger partial charge in [0.05, 0.1) is 28.4 Å². The quantitative estimate of drug-likeness (QED) is 0.110. The number of aliphatic imine (C=N–C) groups is 2. The van der Waals surface area contributed by atoms with Crippen molar-refractivity contribution in [3.8, 4) is 0 Å². The summed E-state index contributed by atoms with van der Waals surface area (Å²) in [6.07, 6.45) is 16.9. The molecule has 33 heavy (non-hydrogen) atoms. The number of carbonyl (C=O) groups is 1. The van der Waals surface area contributed by atoms with Crippen LogP contribution in [-0.4, -0.2) is 31.9 Å². The van der Waals surface area contributed by atoms with Gasteiger partial charge in [-0.05, 0) is 51.5 Å². The summed E-state index contributed by atoms with van der Waals surface area (Å²) in [5, 5.41) is 6.00. The first-order chi connectivity index (χ1) is 15.8. The van der Waals surface area contributed by atoms with Crippen molar-refractivity contribution in [3.63, 3.8) is 0 Å². The zero-order valence-corrected chi connectivity index (χ0v) is 21.3. The Balaban J connectivity index is 7.02. The second-order valence-corrected chi connectivity index (χ2v) is 7.18. The molecular formula is C27H41N5O. The van der Waals surface area contributed by atoms with Crippen molar-refractivity contribution in [1.29, 1.82) is 0 Å². The summed E-state index contributed by atoms with van der Waals surface area (Å²) in [6.45, 7) is 13.9. The maximum Gasteiger partial charge on any atom is 0.154 e. The number of nitrogens with one attached hydrogen (secondary N) is 2. The van der Waals surface area contributed by atoms with E-state index in [-0.39, 0.29) is 5.84 Å². The van der Waals surface area contributed by atoms with Gasteiger partial charge in [0, 0.05) is 19.7 Å². The normalized spacial score (nSPS) is 15.5. The molecule has 0 rings (SSSR count). The largest absolute Gasteiger partial charge is 0.394 e. The van der Waals surface area contributed by atoms with Crippen LogP contribution in [-0.2, 0) is 4.79 Å². The predicted octanol–water partition coefficient (Wildman–Crippen LogP) is 5.27. The number of hydrogen-bond acceptors (Lipinski definition) is 5. The Morgan fingerprint density at radius 3 is 2.27 bits per heavy atom. The molecule has 0 aromatic carbocycles. The fourth-order valence-corrected chi connectivity index (χ4v) is 2.95. The molecule has 0 spiro atoms. The zero-order valence-electron chi connectivity index (χ0n) is 21.3. The van der Waals surface area contributed by atoms with E-state index in [2.05, 4.69) is 41.3 Å². The molecule has 0 aliphatic heterocycles. The molecule has 0 aliphatic carbocycles. The van der Waals surface area contributed by atoms with Crippen molar-refractivity contribution < 1.29 is 4.79 Å². The lowest BCUT2D eigenvalue weighted by molar-refractivity contribution is -0.104. The van der Waals surface area contributed by atoms with Crippen LogP contribution in [0.15, 0.2) is 93.0 Å². The van der Waals surface area contributed by atoms with Crippen molar-refractivity contribution in [3.05, 3.63) is 83.0 Å². The number of nitrogens with two attached hydrogens (primary N) is 1. The molecule has 0 aliphatic rings. The number of aldehydes is 1. The molecule has 0 heterocycles. The van der Waals surface area contributed by atoms with E-state index in [0.717, 1.165) is 42.4 Å². The smallest absolute Gasteiger partial charge is 0.154 e. The van der Waals surface area contributed by atoms with Gasteiger partial charge in [-0.2, -0.15) is 0 Å². The molecular weight excluding hydrogens is 410 g/mol. The molecule has 0 radical (unpaired) electrons. The Morgan fingerprint density at radius 1 is 1.09 bits per heavy atom. The highest BCUT2D eigenvalue weighted by Crippen LogP contribution is 2.23. The summed E-state index contributed by atoms with van der Waals surface area (Å²) in [6, 6.07) is 0.